The number of carboxylic acid groups (broad SMARTS) is 1. The van der Waals surface area contributed by atoms with E-state index in [4.69, 9.17) is 0 Å². The number of benzene rings is 1. The van der Waals surface area contributed by atoms with Crippen LogP contribution in [-0.4, -0.2) is 47.7 Å². The van der Waals surface area contributed by atoms with Gasteiger partial charge in [0.25, 0.3) is 0 Å². The molecule has 0 aliphatic carbocycles. The minimum atomic E-state index is -0.745. The van der Waals surface area contributed by atoms with Gasteiger partial charge < -0.3 is 14.9 Å². The summed E-state index contributed by atoms with van der Waals surface area (Å²) in [6, 6.07) is 9.84. The van der Waals surface area contributed by atoms with Gasteiger partial charge in [-0.05, 0) is 50.9 Å². The van der Waals surface area contributed by atoms with Gasteiger partial charge in [0.15, 0.2) is 0 Å². The van der Waals surface area contributed by atoms with E-state index in [1.165, 1.54) is 25.9 Å². The summed E-state index contributed by atoms with van der Waals surface area (Å²) in [5.41, 5.74) is 1.03. The molecular weight excluding hydrogens is 252 g/mol. The largest absolute Gasteiger partial charge is 0.480 e. The van der Waals surface area contributed by atoms with Crippen molar-refractivity contribution in [2.75, 3.05) is 24.5 Å². The predicted octanol–water partition coefficient (Wildman–Crippen LogP) is 2.06. The van der Waals surface area contributed by atoms with Crippen LogP contribution in [0.3, 0.4) is 0 Å². The number of carbonyl (C=O) groups is 1. The number of para-hydroxylation sites is 1. The summed E-state index contributed by atoms with van der Waals surface area (Å²) in [4.78, 5) is 16.1. The molecule has 4 heteroatoms. The molecule has 2 bridgehead atoms. The van der Waals surface area contributed by atoms with Crippen LogP contribution in [0.2, 0.25) is 0 Å². The van der Waals surface area contributed by atoms with E-state index in [0.717, 1.165) is 12.2 Å². The quantitative estimate of drug-likeness (QED) is 0.912. The molecule has 108 valence electrons. The smallest absolute Gasteiger partial charge is 0.326 e. The van der Waals surface area contributed by atoms with E-state index in [-0.39, 0.29) is 0 Å². The molecule has 0 unspecified atom stereocenters. The standard InChI is InChI=1S/C16H22N2O2/c1-12(16(19)20)18(14-5-3-2-4-6-14)15-11-17-9-7-13(15)8-10-17/h2-6,12-13,15H,7-11H2,1H3,(H,19,20)/t12-,15+/m0/s1. The first-order chi connectivity index (χ1) is 9.66. The molecule has 0 saturated carbocycles. The van der Waals surface area contributed by atoms with Crippen LogP contribution in [0.15, 0.2) is 30.3 Å². The van der Waals surface area contributed by atoms with E-state index >= 15 is 0 Å². The van der Waals surface area contributed by atoms with Gasteiger partial charge in [0.1, 0.15) is 6.04 Å². The molecule has 2 atom stereocenters. The van der Waals surface area contributed by atoms with E-state index in [1.54, 1.807) is 6.92 Å². The van der Waals surface area contributed by atoms with Crippen molar-refractivity contribution < 1.29 is 9.90 Å². The fraction of sp³-hybridized carbons (Fsp3) is 0.562. The topological polar surface area (TPSA) is 43.8 Å². The van der Waals surface area contributed by atoms with E-state index < -0.39 is 12.0 Å². The van der Waals surface area contributed by atoms with Crippen LogP contribution in [0.25, 0.3) is 0 Å². The minimum absolute atomic E-state index is 0.325. The number of hydrogen-bond acceptors (Lipinski definition) is 3. The Labute approximate surface area is 120 Å². The van der Waals surface area contributed by atoms with Gasteiger partial charge in [-0.15, -0.1) is 0 Å². The Hall–Kier alpha value is -1.55. The highest BCUT2D eigenvalue weighted by Crippen LogP contribution is 2.34. The molecule has 4 rings (SSSR count). The summed E-state index contributed by atoms with van der Waals surface area (Å²) in [7, 11) is 0. The number of nitrogens with zero attached hydrogens (tertiary/aromatic N) is 2. The molecule has 1 N–H and O–H groups in total. The highest BCUT2D eigenvalue weighted by Gasteiger charge is 2.40. The van der Waals surface area contributed by atoms with E-state index in [0.29, 0.717) is 12.0 Å². The van der Waals surface area contributed by atoms with Crippen molar-refractivity contribution in [3.05, 3.63) is 30.3 Å². The van der Waals surface area contributed by atoms with Gasteiger partial charge in [-0.1, -0.05) is 18.2 Å². The van der Waals surface area contributed by atoms with Gasteiger partial charge in [0.05, 0.1) is 0 Å². The molecule has 0 amide bonds. The van der Waals surface area contributed by atoms with E-state index in [1.807, 2.05) is 30.3 Å². The van der Waals surface area contributed by atoms with Crippen LogP contribution < -0.4 is 4.90 Å². The molecule has 0 spiro atoms. The number of fused-ring (bicyclic) bond motifs is 3. The van der Waals surface area contributed by atoms with Crippen LogP contribution in [0.4, 0.5) is 5.69 Å². The number of anilines is 1. The van der Waals surface area contributed by atoms with Crippen molar-refractivity contribution in [3.8, 4) is 0 Å². The normalized spacial score (nSPS) is 29.9. The zero-order valence-corrected chi connectivity index (χ0v) is 11.9. The average molecular weight is 274 g/mol. The van der Waals surface area contributed by atoms with Gasteiger partial charge in [-0.3, -0.25) is 0 Å². The van der Waals surface area contributed by atoms with E-state index in [2.05, 4.69) is 9.80 Å². The maximum Gasteiger partial charge on any atom is 0.326 e. The zero-order chi connectivity index (χ0) is 14.1. The maximum atomic E-state index is 11.5. The lowest BCUT2D eigenvalue weighted by Gasteiger charge is -2.50. The first kappa shape index (κ1) is 13.4. The molecular formula is C16H22N2O2. The second kappa shape index (κ2) is 5.44. The SMILES string of the molecule is C[C@@H](C(=O)O)N(c1ccccc1)[C@@H]1CN2CCC1CC2. The lowest BCUT2D eigenvalue weighted by atomic mass is 9.82. The molecule has 1 aromatic carbocycles. The third-order valence-electron chi connectivity index (χ3n) is 4.81. The van der Waals surface area contributed by atoms with Crippen LogP contribution >= 0.6 is 0 Å². The van der Waals surface area contributed by atoms with Crippen LogP contribution in [-0.2, 0) is 4.79 Å². The summed E-state index contributed by atoms with van der Waals surface area (Å²) in [6.45, 7) is 5.14. The van der Waals surface area contributed by atoms with Crippen molar-refractivity contribution in [2.24, 2.45) is 5.92 Å². The van der Waals surface area contributed by atoms with Crippen molar-refractivity contribution in [1.29, 1.82) is 0 Å². The van der Waals surface area contributed by atoms with Gasteiger partial charge in [-0.2, -0.15) is 0 Å². The van der Waals surface area contributed by atoms with Gasteiger partial charge >= 0.3 is 5.97 Å². The average Bonchev–Trinajstić information content (AvgIpc) is 2.50. The number of rotatable bonds is 4. The maximum absolute atomic E-state index is 11.5. The lowest BCUT2D eigenvalue weighted by Crippen LogP contribution is -2.60. The third kappa shape index (κ3) is 2.40. The number of carboxylic acids is 1. The number of piperidine rings is 3. The highest BCUT2D eigenvalue weighted by molar-refractivity contribution is 5.78. The summed E-state index contributed by atoms with van der Waals surface area (Å²) in [6.07, 6.45) is 2.39. The fourth-order valence-electron chi connectivity index (χ4n) is 3.67. The molecule has 1 aromatic rings. The zero-order valence-electron chi connectivity index (χ0n) is 11.9. The molecule has 0 aromatic heterocycles. The summed E-state index contributed by atoms with van der Waals surface area (Å²) in [5, 5.41) is 9.46. The number of aliphatic carboxylic acids is 1. The number of hydrogen-bond donors (Lipinski definition) is 1. The minimum Gasteiger partial charge on any atom is -0.480 e. The van der Waals surface area contributed by atoms with Crippen molar-refractivity contribution in [1.82, 2.24) is 4.90 Å². The highest BCUT2D eigenvalue weighted by atomic mass is 16.4. The Bertz CT molecular complexity index is 469. The summed E-state index contributed by atoms with van der Waals surface area (Å²) < 4.78 is 0. The fourth-order valence-corrected chi connectivity index (χ4v) is 3.67. The Balaban J connectivity index is 1.91. The molecule has 3 aliphatic heterocycles. The molecule has 20 heavy (non-hydrogen) atoms. The Morgan fingerprint density at radius 1 is 1.30 bits per heavy atom. The van der Waals surface area contributed by atoms with Gasteiger partial charge in [-0.25, -0.2) is 4.79 Å². The molecule has 3 heterocycles. The second-order valence-electron chi connectivity index (χ2n) is 5.96. The summed E-state index contributed by atoms with van der Waals surface area (Å²) >= 11 is 0. The Morgan fingerprint density at radius 3 is 2.45 bits per heavy atom. The van der Waals surface area contributed by atoms with Crippen LogP contribution in [0, 0.1) is 5.92 Å². The first-order valence-electron chi connectivity index (χ1n) is 7.45. The monoisotopic (exact) mass is 274 g/mol. The Kier molecular flexibility index (Phi) is 3.66. The molecule has 3 aliphatic rings. The third-order valence-corrected chi connectivity index (χ3v) is 4.81. The van der Waals surface area contributed by atoms with Crippen molar-refractivity contribution >= 4 is 11.7 Å². The molecule has 3 saturated heterocycles. The van der Waals surface area contributed by atoms with Crippen molar-refractivity contribution in [2.45, 2.75) is 31.8 Å². The Morgan fingerprint density at radius 2 is 1.95 bits per heavy atom. The van der Waals surface area contributed by atoms with E-state index in [9.17, 15) is 9.90 Å². The van der Waals surface area contributed by atoms with Crippen LogP contribution in [0.1, 0.15) is 19.8 Å². The molecule has 3 fully saturated rings. The first-order valence-corrected chi connectivity index (χ1v) is 7.45. The summed E-state index contributed by atoms with van der Waals surface area (Å²) in [5.74, 6) is -0.118. The van der Waals surface area contributed by atoms with Gasteiger partial charge in [0.2, 0.25) is 0 Å². The van der Waals surface area contributed by atoms with Crippen LogP contribution in [0.5, 0.6) is 0 Å². The van der Waals surface area contributed by atoms with Crippen molar-refractivity contribution in [3.63, 3.8) is 0 Å². The molecule has 0 radical (unpaired) electrons. The lowest BCUT2D eigenvalue weighted by molar-refractivity contribution is -0.138. The molecule has 4 nitrogen and oxygen atoms in total. The second-order valence-corrected chi connectivity index (χ2v) is 5.96. The predicted molar refractivity (Wildman–Crippen MR) is 79.0 cm³/mol. The van der Waals surface area contributed by atoms with Gasteiger partial charge in [0, 0.05) is 18.3 Å².